The predicted molar refractivity (Wildman–Crippen MR) is 127 cm³/mol. The van der Waals surface area contributed by atoms with Gasteiger partial charge in [-0.25, -0.2) is 18.3 Å². The quantitative estimate of drug-likeness (QED) is 0.541. The second-order valence-corrected chi connectivity index (χ2v) is 8.01. The summed E-state index contributed by atoms with van der Waals surface area (Å²) in [4.78, 5) is 24.4. The summed E-state index contributed by atoms with van der Waals surface area (Å²) in [5.41, 5.74) is 1.36. The summed E-state index contributed by atoms with van der Waals surface area (Å²) in [6, 6.07) is 12.8. The molecule has 1 amide bonds. The van der Waals surface area contributed by atoms with Crippen LogP contribution in [0.4, 0.5) is 19.3 Å². The van der Waals surface area contributed by atoms with Crippen molar-refractivity contribution in [3.05, 3.63) is 82.1 Å². The van der Waals surface area contributed by atoms with Crippen molar-refractivity contribution < 1.29 is 18.3 Å². The lowest BCUT2D eigenvalue weighted by molar-refractivity contribution is 0.132. The Morgan fingerprint density at radius 1 is 1.15 bits per heavy atom. The van der Waals surface area contributed by atoms with Crippen LogP contribution in [0, 0.1) is 17.6 Å². The van der Waals surface area contributed by atoms with Crippen LogP contribution in [-0.4, -0.2) is 35.6 Å². The number of amides is 1. The first-order valence-electron chi connectivity index (χ1n) is 10.7. The molecule has 1 atom stereocenters. The average molecular weight is 491 g/mol. The normalized spacial score (nSPS) is 15.3. The maximum Gasteiger partial charge on any atom is 0.411 e. The van der Waals surface area contributed by atoms with Crippen molar-refractivity contribution in [2.24, 2.45) is 5.92 Å². The van der Waals surface area contributed by atoms with Crippen LogP contribution < -0.4 is 16.2 Å². The van der Waals surface area contributed by atoms with Crippen LogP contribution in [0.3, 0.4) is 0 Å². The van der Waals surface area contributed by atoms with Gasteiger partial charge in [-0.2, -0.15) is 5.10 Å². The molecule has 0 radical (unpaired) electrons. The minimum atomic E-state index is -0.727. The number of ether oxygens (including phenoxy) is 1. The smallest absolute Gasteiger partial charge is 0.411 e. The van der Waals surface area contributed by atoms with Gasteiger partial charge in [0.25, 0.3) is 5.56 Å². The minimum Gasteiger partial charge on any atom is -0.449 e. The maximum absolute atomic E-state index is 13.6. The lowest BCUT2D eigenvalue weighted by Gasteiger charge is -2.22. The molecule has 4 rings (SSSR count). The maximum atomic E-state index is 13.6. The van der Waals surface area contributed by atoms with Gasteiger partial charge in [0.15, 0.2) is 0 Å². The highest BCUT2D eigenvalue weighted by molar-refractivity contribution is 5.85. The average Bonchev–Trinajstić information content (AvgIpc) is 2.79. The molecule has 10 heteroatoms. The van der Waals surface area contributed by atoms with Gasteiger partial charge in [-0.05, 0) is 55.3 Å². The number of nitrogens with zero attached hydrogens (tertiary/aromatic N) is 2. The molecule has 0 spiro atoms. The van der Waals surface area contributed by atoms with Crippen molar-refractivity contribution in [1.82, 2.24) is 15.1 Å². The lowest BCUT2D eigenvalue weighted by Crippen LogP contribution is -2.33. The monoisotopic (exact) mass is 490 g/mol. The molecule has 0 bridgehead atoms. The lowest BCUT2D eigenvalue weighted by atomic mass is 10.0. The molecule has 0 aliphatic carbocycles. The van der Waals surface area contributed by atoms with Crippen LogP contribution in [-0.2, 0) is 11.3 Å². The SMILES string of the molecule is Cl.O=C(Nc1cccc(Cn2nc(-c3cc(F)cc(F)c3)ccc2=O)c1)OCC1CCCNC1. The number of hydrogen-bond donors (Lipinski definition) is 2. The molecule has 1 unspecified atom stereocenters. The largest absolute Gasteiger partial charge is 0.449 e. The van der Waals surface area contributed by atoms with Crippen LogP contribution in [0.2, 0.25) is 0 Å². The standard InChI is InChI=1S/C24H24F2N4O3.ClH/c25-19-10-18(11-20(26)12-19)22-6-7-23(31)30(29-22)14-16-3-1-5-21(9-16)28-24(32)33-15-17-4-2-8-27-13-17;/h1,3,5-7,9-12,17,27H,2,4,8,13-15H2,(H,28,32);1H. The third-order valence-corrected chi connectivity index (χ3v) is 5.38. The van der Waals surface area contributed by atoms with Crippen LogP contribution in [0.5, 0.6) is 0 Å². The summed E-state index contributed by atoms with van der Waals surface area (Å²) in [5.74, 6) is -1.14. The summed E-state index contributed by atoms with van der Waals surface area (Å²) < 4.78 is 33.7. The molecular formula is C24H25ClF2N4O3. The van der Waals surface area contributed by atoms with Gasteiger partial charge in [0.05, 0.1) is 18.8 Å². The number of halogens is 3. The first kappa shape index (κ1) is 25.3. The first-order chi connectivity index (χ1) is 16.0. The zero-order chi connectivity index (χ0) is 23.2. The Balaban J connectivity index is 0.00000324. The van der Waals surface area contributed by atoms with Crippen molar-refractivity contribution >= 4 is 24.2 Å². The number of nitrogens with one attached hydrogen (secondary N) is 2. The molecular weight excluding hydrogens is 466 g/mol. The van der Waals surface area contributed by atoms with E-state index in [1.165, 1.54) is 16.8 Å². The van der Waals surface area contributed by atoms with Gasteiger partial charge in [0.2, 0.25) is 0 Å². The van der Waals surface area contributed by atoms with Gasteiger partial charge in [-0.15, -0.1) is 12.4 Å². The molecule has 1 aliphatic heterocycles. The Hall–Kier alpha value is -3.30. The Bertz CT molecular complexity index is 1180. The second-order valence-electron chi connectivity index (χ2n) is 8.01. The van der Waals surface area contributed by atoms with Crippen LogP contribution in [0.25, 0.3) is 11.3 Å². The second kappa shape index (κ2) is 11.7. The number of aromatic nitrogens is 2. The summed E-state index contributed by atoms with van der Waals surface area (Å²) in [6.45, 7) is 2.30. The van der Waals surface area contributed by atoms with Crippen molar-refractivity contribution in [2.45, 2.75) is 19.4 Å². The van der Waals surface area contributed by atoms with E-state index in [0.717, 1.165) is 44.1 Å². The molecule has 2 N–H and O–H groups in total. The summed E-state index contributed by atoms with van der Waals surface area (Å²) >= 11 is 0. The summed E-state index contributed by atoms with van der Waals surface area (Å²) in [5, 5.41) is 10.2. The molecule has 180 valence electrons. The summed E-state index contributed by atoms with van der Waals surface area (Å²) in [6.07, 6.45) is 1.56. The predicted octanol–water partition coefficient (Wildman–Crippen LogP) is 4.21. The molecule has 1 aliphatic rings. The van der Waals surface area contributed by atoms with E-state index in [4.69, 9.17) is 4.74 Å². The molecule has 2 heterocycles. The number of benzene rings is 2. The van der Waals surface area contributed by atoms with Gasteiger partial charge in [-0.1, -0.05) is 12.1 Å². The number of carbonyl (C=O) groups is 1. The fraction of sp³-hybridized carbons (Fsp3) is 0.292. The van der Waals surface area contributed by atoms with Crippen LogP contribution in [0.15, 0.2) is 59.4 Å². The third kappa shape index (κ3) is 6.85. The Kier molecular flexibility index (Phi) is 8.72. The van der Waals surface area contributed by atoms with Gasteiger partial charge >= 0.3 is 6.09 Å². The van der Waals surface area contributed by atoms with Crippen molar-refractivity contribution in [2.75, 3.05) is 25.0 Å². The zero-order valence-electron chi connectivity index (χ0n) is 18.3. The Morgan fingerprint density at radius 2 is 1.94 bits per heavy atom. The van der Waals surface area contributed by atoms with E-state index in [-0.39, 0.29) is 35.8 Å². The fourth-order valence-electron chi connectivity index (χ4n) is 3.75. The minimum absolute atomic E-state index is 0. The van der Waals surface area contributed by atoms with Gasteiger partial charge in [0.1, 0.15) is 11.6 Å². The van der Waals surface area contributed by atoms with E-state index in [9.17, 15) is 18.4 Å². The molecule has 7 nitrogen and oxygen atoms in total. The Morgan fingerprint density at radius 3 is 2.68 bits per heavy atom. The van der Waals surface area contributed by atoms with E-state index in [1.54, 1.807) is 24.3 Å². The third-order valence-electron chi connectivity index (χ3n) is 5.38. The number of piperidine rings is 1. The van der Waals surface area contributed by atoms with Gasteiger partial charge in [0, 0.05) is 35.8 Å². The van der Waals surface area contributed by atoms with Crippen molar-refractivity contribution in [1.29, 1.82) is 0 Å². The highest BCUT2D eigenvalue weighted by Gasteiger charge is 2.15. The first-order valence-corrected chi connectivity index (χ1v) is 10.7. The van der Waals surface area contributed by atoms with Crippen molar-refractivity contribution in [3.8, 4) is 11.3 Å². The number of anilines is 1. The molecule has 1 fully saturated rings. The summed E-state index contributed by atoms with van der Waals surface area (Å²) in [7, 11) is 0. The number of carbonyl (C=O) groups excluding carboxylic acids is 1. The van der Waals surface area contributed by atoms with Crippen LogP contribution in [0.1, 0.15) is 18.4 Å². The van der Waals surface area contributed by atoms with E-state index in [0.29, 0.717) is 23.8 Å². The molecule has 2 aromatic carbocycles. The Labute approximate surface area is 201 Å². The molecule has 0 saturated carbocycles. The molecule has 3 aromatic rings. The molecule has 1 aromatic heterocycles. The van der Waals surface area contributed by atoms with Gasteiger partial charge < -0.3 is 10.1 Å². The number of rotatable bonds is 6. The van der Waals surface area contributed by atoms with E-state index >= 15 is 0 Å². The van der Waals surface area contributed by atoms with Gasteiger partial charge in [-0.3, -0.25) is 10.1 Å². The molecule has 34 heavy (non-hydrogen) atoms. The molecule has 1 saturated heterocycles. The van der Waals surface area contributed by atoms with Crippen molar-refractivity contribution in [3.63, 3.8) is 0 Å². The van der Waals surface area contributed by atoms with E-state index < -0.39 is 17.7 Å². The number of hydrogen-bond acceptors (Lipinski definition) is 5. The van der Waals surface area contributed by atoms with Crippen LogP contribution >= 0.6 is 12.4 Å². The topological polar surface area (TPSA) is 85.2 Å². The fourth-order valence-corrected chi connectivity index (χ4v) is 3.75. The van der Waals surface area contributed by atoms with E-state index in [2.05, 4.69) is 15.7 Å². The zero-order valence-corrected chi connectivity index (χ0v) is 19.1. The van der Waals surface area contributed by atoms with E-state index in [1.807, 2.05) is 0 Å². The highest BCUT2D eigenvalue weighted by Crippen LogP contribution is 2.19. The highest BCUT2D eigenvalue weighted by atomic mass is 35.5.